The fraction of sp³-hybridized carbons (Fsp3) is 0.364. The molecule has 0 aliphatic carbocycles. The first kappa shape index (κ1) is 16.5. The zero-order chi connectivity index (χ0) is 18.4. The van der Waals surface area contributed by atoms with Crippen LogP contribution in [0.3, 0.4) is 0 Å². The van der Waals surface area contributed by atoms with Crippen molar-refractivity contribution in [3.05, 3.63) is 54.1 Å². The summed E-state index contributed by atoms with van der Waals surface area (Å²) in [7, 11) is 2.21. The van der Waals surface area contributed by atoms with Gasteiger partial charge in [0.1, 0.15) is 5.52 Å². The van der Waals surface area contributed by atoms with Gasteiger partial charge in [-0.25, -0.2) is 4.98 Å². The molecule has 3 heterocycles. The fourth-order valence-corrected chi connectivity index (χ4v) is 4.63. The van der Waals surface area contributed by atoms with Crippen LogP contribution in [0, 0.1) is 0 Å². The van der Waals surface area contributed by atoms with Crippen LogP contribution >= 0.6 is 0 Å². The number of nitrogens with zero attached hydrogens (tertiary/aromatic N) is 2. The SMILES string of the molecule is CN1C2CCC1CC(NC(=O)c1cccc3oc(-c4ccccc4)nc13)C2. The second kappa shape index (κ2) is 6.50. The third kappa shape index (κ3) is 2.92. The molecule has 2 atom stereocenters. The van der Waals surface area contributed by atoms with Crippen LogP contribution in [-0.4, -0.2) is 41.0 Å². The van der Waals surface area contributed by atoms with E-state index >= 15 is 0 Å². The van der Waals surface area contributed by atoms with E-state index in [1.165, 1.54) is 12.8 Å². The van der Waals surface area contributed by atoms with E-state index in [2.05, 4.69) is 22.2 Å². The molecule has 3 aromatic rings. The van der Waals surface area contributed by atoms with Crippen molar-refractivity contribution in [3.63, 3.8) is 0 Å². The summed E-state index contributed by atoms with van der Waals surface area (Å²) >= 11 is 0. The average molecular weight is 361 g/mol. The van der Waals surface area contributed by atoms with Crippen LogP contribution < -0.4 is 5.32 Å². The second-order valence-corrected chi connectivity index (χ2v) is 7.73. The molecule has 5 nitrogen and oxygen atoms in total. The first-order valence-electron chi connectivity index (χ1n) is 9.67. The molecule has 1 amide bonds. The number of benzene rings is 2. The maximum atomic E-state index is 13.0. The molecule has 2 aliphatic heterocycles. The van der Waals surface area contributed by atoms with Crippen LogP contribution in [0.1, 0.15) is 36.0 Å². The Kier molecular flexibility index (Phi) is 3.97. The van der Waals surface area contributed by atoms with Crippen molar-refractivity contribution in [1.82, 2.24) is 15.2 Å². The van der Waals surface area contributed by atoms with Gasteiger partial charge in [0.2, 0.25) is 5.89 Å². The van der Waals surface area contributed by atoms with Crippen molar-refractivity contribution in [2.75, 3.05) is 7.05 Å². The number of oxazole rings is 1. The fourth-order valence-electron chi connectivity index (χ4n) is 4.63. The van der Waals surface area contributed by atoms with Gasteiger partial charge in [-0.3, -0.25) is 4.79 Å². The Morgan fingerprint density at radius 3 is 2.56 bits per heavy atom. The Bertz CT molecular complexity index is 968. The minimum Gasteiger partial charge on any atom is -0.436 e. The van der Waals surface area contributed by atoms with Gasteiger partial charge in [-0.05, 0) is 57.0 Å². The predicted octanol–water partition coefficient (Wildman–Crippen LogP) is 3.85. The zero-order valence-electron chi connectivity index (χ0n) is 15.4. The van der Waals surface area contributed by atoms with Gasteiger partial charge in [-0.1, -0.05) is 24.3 Å². The van der Waals surface area contributed by atoms with Crippen molar-refractivity contribution >= 4 is 17.0 Å². The highest BCUT2D eigenvalue weighted by atomic mass is 16.3. The van der Waals surface area contributed by atoms with Crippen LogP contribution in [0.4, 0.5) is 0 Å². The maximum absolute atomic E-state index is 13.0. The third-order valence-corrected chi connectivity index (χ3v) is 6.12. The average Bonchev–Trinajstić information content (AvgIpc) is 3.20. The van der Waals surface area contributed by atoms with Crippen LogP contribution in [-0.2, 0) is 0 Å². The van der Waals surface area contributed by atoms with E-state index in [0.717, 1.165) is 18.4 Å². The monoisotopic (exact) mass is 361 g/mol. The number of nitrogens with one attached hydrogen (secondary N) is 1. The summed E-state index contributed by atoms with van der Waals surface area (Å²) in [5.74, 6) is 0.491. The normalized spacial score (nSPS) is 25.0. The number of para-hydroxylation sites is 1. The van der Waals surface area contributed by atoms with E-state index in [1.807, 2.05) is 48.5 Å². The van der Waals surface area contributed by atoms with Gasteiger partial charge in [0.05, 0.1) is 5.56 Å². The Hall–Kier alpha value is -2.66. The molecule has 2 bridgehead atoms. The summed E-state index contributed by atoms with van der Waals surface area (Å²) in [6.45, 7) is 0. The number of piperidine rings is 1. The van der Waals surface area contributed by atoms with Gasteiger partial charge in [-0.15, -0.1) is 0 Å². The van der Waals surface area contributed by atoms with Crippen LogP contribution in [0.2, 0.25) is 0 Å². The van der Waals surface area contributed by atoms with E-state index < -0.39 is 0 Å². The van der Waals surface area contributed by atoms with E-state index in [-0.39, 0.29) is 11.9 Å². The standard InChI is InChI=1S/C22H23N3O2/c1-25-16-10-11-17(25)13-15(12-16)23-21(26)18-8-5-9-19-20(18)24-22(27-19)14-6-3-2-4-7-14/h2-9,15-17H,10-13H2,1H3,(H,23,26). The molecule has 5 rings (SSSR count). The molecule has 5 heteroatoms. The van der Waals surface area contributed by atoms with E-state index in [9.17, 15) is 4.79 Å². The van der Waals surface area contributed by atoms with Crippen LogP contribution in [0.25, 0.3) is 22.6 Å². The molecule has 138 valence electrons. The van der Waals surface area contributed by atoms with Gasteiger partial charge < -0.3 is 14.6 Å². The van der Waals surface area contributed by atoms with Gasteiger partial charge in [0, 0.05) is 23.7 Å². The molecule has 2 fully saturated rings. The Morgan fingerprint density at radius 2 is 1.81 bits per heavy atom. The number of hydrogen-bond acceptors (Lipinski definition) is 4. The summed E-state index contributed by atoms with van der Waals surface area (Å²) in [6, 6.07) is 16.8. The molecule has 2 unspecified atom stereocenters. The molecule has 0 saturated carbocycles. The van der Waals surface area contributed by atoms with Crippen molar-refractivity contribution in [1.29, 1.82) is 0 Å². The Balaban J connectivity index is 1.41. The zero-order valence-corrected chi connectivity index (χ0v) is 15.4. The largest absolute Gasteiger partial charge is 0.436 e. The smallest absolute Gasteiger partial charge is 0.253 e. The van der Waals surface area contributed by atoms with Gasteiger partial charge in [-0.2, -0.15) is 0 Å². The lowest BCUT2D eigenvalue weighted by molar-refractivity contribution is 0.0884. The summed E-state index contributed by atoms with van der Waals surface area (Å²) in [5.41, 5.74) is 2.77. The molecule has 1 N–H and O–H groups in total. The summed E-state index contributed by atoms with van der Waals surface area (Å²) in [6.07, 6.45) is 4.55. The highest BCUT2D eigenvalue weighted by molar-refractivity contribution is 6.05. The number of fused-ring (bicyclic) bond motifs is 3. The number of amides is 1. The number of carbonyl (C=O) groups excluding carboxylic acids is 1. The minimum absolute atomic E-state index is 0.0533. The van der Waals surface area contributed by atoms with E-state index in [4.69, 9.17) is 4.42 Å². The molecule has 2 aromatic carbocycles. The molecular weight excluding hydrogens is 338 g/mol. The van der Waals surface area contributed by atoms with Crippen molar-refractivity contribution in [2.45, 2.75) is 43.8 Å². The van der Waals surface area contributed by atoms with Crippen molar-refractivity contribution in [3.8, 4) is 11.5 Å². The lowest BCUT2D eigenvalue weighted by Crippen LogP contribution is -2.48. The number of carbonyl (C=O) groups is 1. The van der Waals surface area contributed by atoms with Crippen molar-refractivity contribution in [2.24, 2.45) is 0 Å². The molecule has 2 aliphatic rings. The first-order chi connectivity index (χ1) is 13.2. The predicted molar refractivity (Wildman–Crippen MR) is 105 cm³/mol. The number of rotatable bonds is 3. The lowest BCUT2D eigenvalue weighted by atomic mass is 9.97. The molecule has 27 heavy (non-hydrogen) atoms. The molecule has 2 saturated heterocycles. The number of hydrogen-bond donors (Lipinski definition) is 1. The lowest BCUT2D eigenvalue weighted by Gasteiger charge is -2.36. The number of aromatic nitrogens is 1. The highest BCUT2D eigenvalue weighted by Crippen LogP contribution is 2.34. The van der Waals surface area contributed by atoms with Gasteiger partial charge in [0.25, 0.3) is 5.91 Å². The molecule has 0 radical (unpaired) electrons. The van der Waals surface area contributed by atoms with Gasteiger partial charge >= 0.3 is 0 Å². The summed E-state index contributed by atoms with van der Waals surface area (Å²) < 4.78 is 5.90. The van der Waals surface area contributed by atoms with Gasteiger partial charge in [0.15, 0.2) is 5.58 Å². The quantitative estimate of drug-likeness (QED) is 0.770. The summed E-state index contributed by atoms with van der Waals surface area (Å²) in [4.78, 5) is 20.1. The Labute approximate surface area is 158 Å². The maximum Gasteiger partial charge on any atom is 0.253 e. The van der Waals surface area contributed by atoms with Crippen LogP contribution in [0.5, 0.6) is 0 Å². The summed E-state index contributed by atoms with van der Waals surface area (Å²) in [5, 5.41) is 3.25. The second-order valence-electron chi connectivity index (χ2n) is 7.73. The highest BCUT2D eigenvalue weighted by Gasteiger charge is 2.39. The van der Waals surface area contributed by atoms with E-state index in [1.54, 1.807) is 0 Å². The molecule has 0 spiro atoms. The minimum atomic E-state index is -0.0533. The molecule has 1 aromatic heterocycles. The van der Waals surface area contributed by atoms with Crippen molar-refractivity contribution < 1.29 is 9.21 Å². The topological polar surface area (TPSA) is 58.4 Å². The third-order valence-electron chi connectivity index (χ3n) is 6.12. The van der Waals surface area contributed by atoms with E-state index in [0.29, 0.717) is 34.6 Å². The Morgan fingerprint density at radius 1 is 1.07 bits per heavy atom. The first-order valence-corrected chi connectivity index (χ1v) is 9.67. The molecular formula is C22H23N3O2. The van der Waals surface area contributed by atoms with Crippen LogP contribution in [0.15, 0.2) is 52.9 Å².